The highest BCUT2D eigenvalue weighted by Crippen LogP contribution is 2.06. The molecule has 0 amide bonds. The van der Waals surface area contributed by atoms with Crippen LogP contribution in [0.1, 0.15) is 11.1 Å². The molecular weight excluding hydrogens is 204 g/mol. The van der Waals surface area contributed by atoms with Gasteiger partial charge in [-0.1, -0.05) is 18.2 Å². The molecule has 0 bridgehead atoms. The fourth-order valence-corrected chi connectivity index (χ4v) is 1.32. The summed E-state index contributed by atoms with van der Waals surface area (Å²) in [6.45, 7) is 6.17. The Morgan fingerprint density at radius 2 is 2.00 bits per heavy atom. The normalized spacial score (nSPS) is 11.3. The Bertz CT molecular complexity index is 402. The Labute approximate surface area is 91.1 Å². The molecule has 0 N–H and O–H groups in total. The first kappa shape index (κ1) is 11.5. The van der Waals surface area contributed by atoms with E-state index in [0.29, 0.717) is 5.56 Å². The lowest BCUT2D eigenvalue weighted by Gasteiger charge is -2.11. The average molecular weight is 218 g/mol. The monoisotopic (exact) mass is 218 g/mol. The van der Waals surface area contributed by atoms with Gasteiger partial charge >= 0.3 is 0 Å². The number of nitrogens with zero attached hydrogens (tertiary/aromatic N) is 2. The molecule has 0 radical (unpaired) electrons. The van der Waals surface area contributed by atoms with Crippen LogP contribution in [0.25, 0.3) is 0 Å². The summed E-state index contributed by atoms with van der Waals surface area (Å²) >= 11 is 0. The molecule has 0 saturated heterocycles. The molecule has 1 rings (SSSR count). The van der Waals surface area contributed by atoms with Crippen molar-refractivity contribution in [3.8, 4) is 6.07 Å². The molecule has 0 unspecified atom stereocenters. The zero-order valence-corrected chi connectivity index (χ0v) is 10.2. The fraction of sp³-hybridized carbons (Fsp3) is 0.273. The lowest BCUT2D eigenvalue weighted by atomic mass is 10.1. The average Bonchev–Trinajstić information content (AvgIpc) is 2.16. The van der Waals surface area contributed by atoms with Crippen molar-refractivity contribution in [1.29, 1.82) is 5.26 Å². The van der Waals surface area contributed by atoms with Crippen LogP contribution >= 0.6 is 0 Å². The third-order valence-corrected chi connectivity index (χ3v) is 2.25. The summed E-state index contributed by atoms with van der Waals surface area (Å²) in [5, 5.41) is 12.7. The van der Waals surface area contributed by atoms with Gasteiger partial charge in [-0.3, -0.25) is 0 Å². The van der Waals surface area contributed by atoms with E-state index in [1.165, 1.54) is 0 Å². The van der Waals surface area contributed by atoms with Crippen LogP contribution in [-0.4, -0.2) is 14.5 Å². The van der Waals surface area contributed by atoms with Crippen molar-refractivity contribution >= 4 is 14.5 Å². The van der Waals surface area contributed by atoms with Crippen molar-refractivity contribution in [2.45, 2.75) is 19.6 Å². The maximum absolute atomic E-state index is 8.83. The van der Waals surface area contributed by atoms with E-state index in [1.807, 2.05) is 18.2 Å². The molecule has 0 aliphatic rings. The van der Waals surface area contributed by atoms with Crippen molar-refractivity contribution < 1.29 is 4.53 Å². The van der Waals surface area contributed by atoms with Crippen LogP contribution in [0.2, 0.25) is 19.6 Å². The Kier molecular flexibility index (Phi) is 3.64. The molecular formula is C11H14N2OSi. The van der Waals surface area contributed by atoms with Gasteiger partial charge in [-0.05, 0) is 25.7 Å². The molecule has 1 aromatic carbocycles. The number of oxime groups is 1. The lowest BCUT2D eigenvalue weighted by Crippen LogP contribution is -2.22. The van der Waals surface area contributed by atoms with E-state index in [-0.39, 0.29) is 0 Å². The summed E-state index contributed by atoms with van der Waals surface area (Å²) in [6.07, 6.45) is 1.59. The molecule has 78 valence electrons. The minimum Gasteiger partial charge on any atom is -0.456 e. The lowest BCUT2D eigenvalue weighted by molar-refractivity contribution is 0.338. The van der Waals surface area contributed by atoms with E-state index < -0.39 is 8.32 Å². The predicted molar refractivity (Wildman–Crippen MR) is 63.2 cm³/mol. The summed E-state index contributed by atoms with van der Waals surface area (Å²) in [5.41, 5.74) is 1.40. The molecule has 0 saturated carbocycles. The summed E-state index contributed by atoms with van der Waals surface area (Å²) in [5.74, 6) is 0. The zero-order chi connectivity index (χ0) is 11.3. The second-order valence-corrected chi connectivity index (χ2v) is 8.54. The largest absolute Gasteiger partial charge is 0.456 e. The molecule has 3 nitrogen and oxygen atoms in total. The molecule has 0 atom stereocenters. The third kappa shape index (κ3) is 3.96. The maximum Gasteiger partial charge on any atom is 0.278 e. The van der Waals surface area contributed by atoms with Gasteiger partial charge in [-0.25, -0.2) is 0 Å². The molecule has 0 fully saturated rings. The summed E-state index contributed by atoms with van der Waals surface area (Å²) in [4.78, 5) is 0. The predicted octanol–water partition coefficient (Wildman–Crippen LogP) is 2.74. The van der Waals surface area contributed by atoms with Crippen LogP contribution in [-0.2, 0) is 4.53 Å². The van der Waals surface area contributed by atoms with Crippen molar-refractivity contribution in [1.82, 2.24) is 0 Å². The van der Waals surface area contributed by atoms with Gasteiger partial charge in [0.15, 0.2) is 0 Å². The molecule has 1 aromatic rings. The minimum atomic E-state index is -1.62. The SMILES string of the molecule is C[Si](C)(C)O/N=C/c1ccccc1C#N. The van der Waals surface area contributed by atoms with Gasteiger partial charge in [-0.2, -0.15) is 5.26 Å². The van der Waals surface area contributed by atoms with Crippen LogP contribution in [0.5, 0.6) is 0 Å². The summed E-state index contributed by atoms with van der Waals surface area (Å²) < 4.78 is 5.33. The van der Waals surface area contributed by atoms with Gasteiger partial charge in [0.25, 0.3) is 8.32 Å². The van der Waals surface area contributed by atoms with Crippen LogP contribution in [0.15, 0.2) is 29.4 Å². The summed E-state index contributed by atoms with van der Waals surface area (Å²) in [6, 6.07) is 9.41. The topological polar surface area (TPSA) is 45.4 Å². The van der Waals surface area contributed by atoms with Crippen molar-refractivity contribution in [3.05, 3.63) is 35.4 Å². The Hall–Kier alpha value is -1.60. The van der Waals surface area contributed by atoms with Gasteiger partial charge in [0, 0.05) is 5.56 Å². The number of nitriles is 1. The van der Waals surface area contributed by atoms with Crippen molar-refractivity contribution in [3.63, 3.8) is 0 Å². The van der Waals surface area contributed by atoms with E-state index >= 15 is 0 Å². The second kappa shape index (κ2) is 4.76. The Balaban J connectivity index is 2.77. The highest BCUT2D eigenvalue weighted by atomic mass is 28.4. The molecule has 0 aliphatic heterocycles. The highest BCUT2D eigenvalue weighted by Gasteiger charge is 2.15. The molecule has 0 spiro atoms. The smallest absolute Gasteiger partial charge is 0.278 e. The molecule has 4 heteroatoms. The maximum atomic E-state index is 8.83. The number of hydrogen-bond donors (Lipinski definition) is 0. The first-order valence-electron chi connectivity index (χ1n) is 4.73. The first-order chi connectivity index (χ1) is 7.03. The van der Waals surface area contributed by atoms with E-state index in [4.69, 9.17) is 9.79 Å². The zero-order valence-electron chi connectivity index (χ0n) is 9.19. The molecule has 0 heterocycles. The van der Waals surface area contributed by atoms with Gasteiger partial charge in [0.1, 0.15) is 0 Å². The van der Waals surface area contributed by atoms with E-state index in [1.54, 1.807) is 12.3 Å². The molecule has 0 aliphatic carbocycles. The summed E-state index contributed by atoms with van der Waals surface area (Å²) in [7, 11) is -1.62. The minimum absolute atomic E-state index is 0.612. The van der Waals surface area contributed by atoms with E-state index in [9.17, 15) is 0 Å². The van der Waals surface area contributed by atoms with Crippen LogP contribution in [0, 0.1) is 11.3 Å². The molecule has 0 aromatic heterocycles. The van der Waals surface area contributed by atoms with Crippen LogP contribution in [0.4, 0.5) is 0 Å². The third-order valence-electron chi connectivity index (χ3n) is 1.60. The molecule has 15 heavy (non-hydrogen) atoms. The van der Waals surface area contributed by atoms with E-state index in [0.717, 1.165) is 5.56 Å². The second-order valence-electron chi connectivity index (χ2n) is 4.14. The van der Waals surface area contributed by atoms with Gasteiger partial charge in [0.05, 0.1) is 17.8 Å². The van der Waals surface area contributed by atoms with Crippen molar-refractivity contribution in [2.75, 3.05) is 0 Å². The number of rotatable bonds is 3. The Morgan fingerprint density at radius 1 is 1.33 bits per heavy atom. The highest BCUT2D eigenvalue weighted by molar-refractivity contribution is 6.69. The first-order valence-corrected chi connectivity index (χ1v) is 8.14. The van der Waals surface area contributed by atoms with Crippen LogP contribution in [0.3, 0.4) is 0 Å². The van der Waals surface area contributed by atoms with E-state index in [2.05, 4.69) is 30.9 Å². The Morgan fingerprint density at radius 3 is 2.60 bits per heavy atom. The number of hydrogen-bond acceptors (Lipinski definition) is 3. The standard InChI is InChI=1S/C11H14N2OSi/c1-15(2,3)14-13-9-11-7-5-4-6-10(11)8-12/h4-7,9H,1-3H3/b13-9+. The van der Waals surface area contributed by atoms with Crippen molar-refractivity contribution in [2.24, 2.45) is 5.16 Å². The fourth-order valence-electron chi connectivity index (χ4n) is 0.953. The van der Waals surface area contributed by atoms with Gasteiger partial charge < -0.3 is 4.53 Å². The van der Waals surface area contributed by atoms with Crippen LogP contribution < -0.4 is 0 Å². The quantitative estimate of drug-likeness (QED) is 0.445. The van der Waals surface area contributed by atoms with Gasteiger partial charge in [-0.15, -0.1) is 5.16 Å². The van der Waals surface area contributed by atoms with Gasteiger partial charge in [0.2, 0.25) is 0 Å². The number of benzene rings is 1.